The summed E-state index contributed by atoms with van der Waals surface area (Å²) in [6, 6.07) is 12.2. The Balaban J connectivity index is 2.15. The molecule has 0 bridgehead atoms. The number of aryl methyl sites for hydroxylation is 1. The lowest BCUT2D eigenvalue weighted by Crippen LogP contribution is -2.18. The largest absolute Gasteiger partial charge is 0.474 e. The van der Waals surface area contributed by atoms with Gasteiger partial charge in [-0.3, -0.25) is 4.79 Å². The van der Waals surface area contributed by atoms with Crippen molar-refractivity contribution < 1.29 is 18.7 Å². The van der Waals surface area contributed by atoms with Crippen molar-refractivity contribution in [2.75, 3.05) is 13.2 Å². The number of fused-ring (bicyclic) bond motifs is 1. The molecule has 1 aromatic heterocycles. The summed E-state index contributed by atoms with van der Waals surface area (Å²) >= 11 is 5.99. The van der Waals surface area contributed by atoms with Crippen LogP contribution in [-0.2, 0) is 9.53 Å². The Hall–Kier alpha value is -2.79. The van der Waals surface area contributed by atoms with E-state index in [1.807, 2.05) is 31.2 Å². The Morgan fingerprint density at radius 2 is 1.88 bits per heavy atom. The van der Waals surface area contributed by atoms with Gasteiger partial charge in [0.05, 0.1) is 12.0 Å². The maximum absolute atomic E-state index is 12.9. The van der Waals surface area contributed by atoms with Crippen molar-refractivity contribution in [1.82, 2.24) is 0 Å². The van der Waals surface area contributed by atoms with E-state index in [1.54, 1.807) is 19.1 Å². The van der Waals surface area contributed by atoms with Gasteiger partial charge in [-0.05, 0) is 32.0 Å². The normalized spacial score (nSPS) is 10.7. The van der Waals surface area contributed by atoms with E-state index in [0.717, 1.165) is 5.56 Å². The molecule has 0 amide bonds. The first-order valence-corrected chi connectivity index (χ1v) is 8.49. The highest BCUT2D eigenvalue weighted by Crippen LogP contribution is 2.31. The minimum Gasteiger partial charge on any atom is -0.474 e. The molecule has 0 atom stereocenters. The highest BCUT2D eigenvalue weighted by molar-refractivity contribution is 6.31. The molecule has 0 aliphatic rings. The molecule has 26 heavy (non-hydrogen) atoms. The van der Waals surface area contributed by atoms with Crippen molar-refractivity contribution >= 4 is 28.5 Å². The highest BCUT2D eigenvalue weighted by Gasteiger charge is 2.19. The van der Waals surface area contributed by atoms with Crippen LogP contribution >= 0.6 is 11.6 Å². The molecule has 3 rings (SSSR count). The summed E-state index contributed by atoms with van der Waals surface area (Å²) in [5, 5.41) is 0.691. The third-order valence-electron chi connectivity index (χ3n) is 3.76. The maximum atomic E-state index is 12.9. The number of rotatable bonds is 5. The molecule has 0 spiro atoms. The van der Waals surface area contributed by atoms with Crippen LogP contribution in [0.15, 0.2) is 51.7 Å². The second kappa shape index (κ2) is 7.62. The van der Waals surface area contributed by atoms with Crippen molar-refractivity contribution in [3.63, 3.8) is 0 Å². The summed E-state index contributed by atoms with van der Waals surface area (Å²) in [5.74, 6) is -0.348. The number of hydrogen-bond donors (Lipinski definition) is 0. The molecular weight excluding hydrogens is 356 g/mol. The van der Waals surface area contributed by atoms with E-state index in [9.17, 15) is 9.59 Å². The van der Waals surface area contributed by atoms with Gasteiger partial charge in [0, 0.05) is 10.6 Å². The average molecular weight is 373 g/mol. The summed E-state index contributed by atoms with van der Waals surface area (Å²) in [7, 11) is 0. The Kier molecular flexibility index (Phi) is 5.28. The van der Waals surface area contributed by atoms with Crippen LogP contribution in [0.3, 0.4) is 0 Å². The number of hydrogen-bond acceptors (Lipinski definition) is 5. The predicted octanol–water partition coefficient (Wildman–Crippen LogP) is 4.36. The van der Waals surface area contributed by atoms with Crippen LogP contribution < -0.4 is 10.2 Å². The monoisotopic (exact) mass is 372 g/mol. The van der Waals surface area contributed by atoms with Crippen molar-refractivity contribution in [3.8, 4) is 17.1 Å². The fraction of sp³-hybridized carbons (Fsp3) is 0.200. The lowest BCUT2D eigenvalue weighted by molar-refractivity contribution is -0.145. The molecular formula is C20H17ClO5. The van der Waals surface area contributed by atoms with Crippen molar-refractivity contribution in [1.29, 1.82) is 0 Å². The highest BCUT2D eigenvalue weighted by atomic mass is 35.5. The van der Waals surface area contributed by atoms with Crippen molar-refractivity contribution in [2.24, 2.45) is 0 Å². The van der Waals surface area contributed by atoms with Gasteiger partial charge in [-0.2, -0.15) is 0 Å². The van der Waals surface area contributed by atoms with Crippen molar-refractivity contribution in [3.05, 3.63) is 63.3 Å². The molecule has 1 heterocycles. The number of ether oxygens (including phenoxy) is 2. The molecule has 5 nitrogen and oxygen atoms in total. The smallest absolute Gasteiger partial charge is 0.344 e. The minimum absolute atomic E-state index is 0.0447. The van der Waals surface area contributed by atoms with Gasteiger partial charge in [0.1, 0.15) is 5.58 Å². The minimum atomic E-state index is -0.562. The summed E-state index contributed by atoms with van der Waals surface area (Å²) in [6.45, 7) is 3.50. The summed E-state index contributed by atoms with van der Waals surface area (Å²) in [6.07, 6.45) is 0. The SMILES string of the molecule is CCOC(=O)COc1c(-c2ccc(C)cc2)oc2ccc(Cl)cc2c1=O. The predicted molar refractivity (Wildman–Crippen MR) is 99.8 cm³/mol. The van der Waals surface area contributed by atoms with Crippen LogP contribution in [0.5, 0.6) is 5.75 Å². The fourth-order valence-electron chi connectivity index (χ4n) is 2.51. The third-order valence-corrected chi connectivity index (χ3v) is 4.00. The molecule has 6 heteroatoms. The van der Waals surface area contributed by atoms with E-state index in [2.05, 4.69) is 0 Å². The van der Waals surface area contributed by atoms with Gasteiger partial charge in [0.15, 0.2) is 12.4 Å². The summed E-state index contributed by atoms with van der Waals surface area (Å²) in [5.41, 5.74) is 1.73. The van der Waals surface area contributed by atoms with E-state index in [-0.39, 0.29) is 30.1 Å². The van der Waals surface area contributed by atoms with Crippen LogP contribution in [0.25, 0.3) is 22.3 Å². The quantitative estimate of drug-likeness (QED) is 0.622. The standard InChI is InChI=1S/C20H17ClO5/c1-3-24-17(22)11-25-20-18(23)15-10-14(21)8-9-16(15)26-19(20)13-6-4-12(2)5-7-13/h4-10H,3,11H2,1-2H3. The molecule has 0 unspecified atom stereocenters. The molecule has 3 aromatic rings. The van der Waals surface area contributed by atoms with Gasteiger partial charge in [-0.25, -0.2) is 4.79 Å². The van der Waals surface area contributed by atoms with Gasteiger partial charge in [-0.15, -0.1) is 0 Å². The van der Waals surface area contributed by atoms with E-state index >= 15 is 0 Å². The van der Waals surface area contributed by atoms with E-state index in [1.165, 1.54) is 6.07 Å². The van der Waals surface area contributed by atoms with Gasteiger partial charge >= 0.3 is 5.97 Å². The molecule has 0 saturated heterocycles. The molecule has 0 N–H and O–H groups in total. The van der Waals surface area contributed by atoms with Gasteiger partial charge < -0.3 is 13.9 Å². The zero-order chi connectivity index (χ0) is 18.7. The Morgan fingerprint density at radius 3 is 2.58 bits per heavy atom. The lowest BCUT2D eigenvalue weighted by atomic mass is 10.1. The molecule has 0 fully saturated rings. The van der Waals surface area contributed by atoms with Crippen molar-refractivity contribution in [2.45, 2.75) is 13.8 Å². The average Bonchev–Trinajstić information content (AvgIpc) is 2.62. The van der Waals surface area contributed by atoms with Crippen LogP contribution in [0.2, 0.25) is 5.02 Å². The zero-order valence-corrected chi connectivity index (χ0v) is 15.1. The number of carbonyl (C=O) groups is 1. The number of benzene rings is 2. The van der Waals surface area contributed by atoms with Crippen LogP contribution in [0.4, 0.5) is 0 Å². The topological polar surface area (TPSA) is 65.7 Å². The van der Waals surface area contributed by atoms with E-state index < -0.39 is 11.4 Å². The number of esters is 1. The molecule has 0 aliphatic heterocycles. The maximum Gasteiger partial charge on any atom is 0.344 e. The second-order valence-electron chi connectivity index (χ2n) is 5.69. The number of carbonyl (C=O) groups excluding carboxylic acids is 1. The Bertz CT molecular complexity index is 1010. The second-order valence-corrected chi connectivity index (χ2v) is 6.13. The molecule has 0 aliphatic carbocycles. The third kappa shape index (κ3) is 3.73. The van der Waals surface area contributed by atoms with Crippen LogP contribution in [-0.4, -0.2) is 19.2 Å². The molecule has 134 valence electrons. The summed E-state index contributed by atoms with van der Waals surface area (Å²) < 4.78 is 16.3. The Labute approximate surface area is 155 Å². The van der Waals surface area contributed by atoms with Gasteiger partial charge in [-0.1, -0.05) is 41.4 Å². The Morgan fingerprint density at radius 1 is 1.15 bits per heavy atom. The molecule has 0 saturated carbocycles. The van der Waals surface area contributed by atoms with Crippen LogP contribution in [0.1, 0.15) is 12.5 Å². The van der Waals surface area contributed by atoms with Crippen LogP contribution in [0, 0.1) is 6.92 Å². The summed E-state index contributed by atoms with van der Waals surface area (Å²) in [4.78, 5) is 24.6. The number of halogens is 1. The first-order chi connectivity index (χ1) is 12.5. The first-order valence-electron chi connectivity index (χ1n) is 8.11. The molecule has 2 aromatic carbocycles. The lowest BCUT2D eigenvalue weighted by Gasteiger charge is -2.11. The van der Waals surface area contributed by atoms with E-state index in [0.29, 0.717) is 16.2 Å². The zero-order valence-electron chi connectivity index (χ0n) is 14.4. The first kappa shape index (κ1) is 18.0. The van der Waals surface area contributed by atoms with Gasteiger partial charge in [0.2, 0.25) is 11.2 Å². The van der Waals surface area contributed by atoms with E-state index in [4.69, 9.17) is 25.5 Å². The molecule has 0 radical (unpaired) electrons. The van der Waals surface area contributed by atoms with Gasteiger partial charge in [0.25, 0.3) is 0 Å². The fourth-order valence-corrected chi connectivity index (χ4v) is 2.68.